The number of benzene rings is 2. The molecule has 2 heterocycles. The van der Waals surface area contributed by atoms with Gasteiger partial charge in [-0.05, 0) is 30.0 Å². The van der Waals surface area contributed by atoms with Gasteiger partial charge in [0.15, 0.2) is 5.82 Å². The van der Waals surface area contributed by atoms with Crippen LogP contribution in [0.4, 0.5) is 5.82 Å². The Bertz CT molecular complexity index is 1240. The van der Waals surface area contributed by atoms with Gasteiger partial charge in [-0.25, -0.2) is 9.97 Å². The molecule has 0 radical (unpaired) electrons. The van der Waals surface area contributed by atoms with Crippen LogP contribution in [0.15, 0.2) is 48.5 Å². The van der Waals surface area contributed by atoms with E-state index in [1.165, 1.54) is 5.56 Å². The number of nitrogen functional groups attached to an aromatic ring is 1. The second-order valence-corrected chi connectivity index (χ2v) is 8.63. The predicted octanol–water partition coefficient (Wildman–Crippen LogP) is 5.36. The highest BCUT2D eigenvalue weighted by Gasteiger charge is 2.17. The number of hydrogen-bond acceptors (Lipinski definition) is 4. The fraction of sp³-hybridized carbons (Fsp3) is 0.370. The molecule has 0 atom stereocenters. The molecule has 1 amide bonds. The van der Waals surface area contributed by atoms with Gasteiger partial charge in [-0.1, -0.05) is 69.2 Å². The maximum Gasteiger partial charge on any atom is 0.220 e. The molecule has 0 unspecified atom stereocenters. The number of aromatic nitrogens is 3. The monoisotopic (exact) mass is 443 g/mol. The highest BCUT2D eigenvalue weighted by atomic mass is 16.1. The zero-order valence-corrected chi connectivity index (χ0v) is 19.6. The van der Waals surface area contributed by atoms with Crippen molar-refractivity contribution in [3.8, 4) is 0 Å². The number of nitrogens with zero attached hydrogens (tertiary/aromatic N) is 3. The van der Waals surface area contributed by atoms with E-state index in [2.05, 4.69) is 59.0 Å². The summed E-state index contributed by atoms with van der Waals surface area (Å²) in [4.78, 5) is 21.4. The molecule has 2 aromatic carbocycles. The SMILES string of the molecule is CCCCC(=O)NCc1ccc(Cn2c(CCCC)nc3c(N)nc4ccccc4c32)cc1. The fourth-order valence-electron chi connectivity index (χ4n) is 4.17. The van der Waals surface area contributed by atoms with E-state index in [0.29, 0.717) is 25.3 Å². The number of aryl methyl sites for hydroxylation is 1. The van der Waals surface area contributed by atoms with Gasteiger partial charge in [-0.2, -0.15) is 0 Å². The second-order valence-electron chi connectivity index (χ2n) is 8.63. The number of unbranched alkanes of at least 4 members (excludes halogenated alkanes) is 2. The molecular formula is C27H33N5O. The van der Waals surface area contributed by atoms with Crippen molar-refractivity contribution in [3.05, 3.63) is 65.5 Å². The number of fused-ring (bicyclic) bond motifs is 3. The summed E-state index contributed by atoms with van der Waals surface area (Å²) in [5.74, 6) is 1.64. The lowest BCUT2D eigenvalue weighted by Crippen LogP contribution is -2.22. The minimum atomic E-state index is 0.115. The number of imidazole rings is 1. The molecule has 4 rings (SSSR count). The van der Waals surface area contributed by atoms with Crippen LogP contribution in [0.2, 0.25) is 0 Å². The minimum absolute atomic E-state index is 0.115. The van der Waals surface area contributed by atoms with Crippen molar-refractivity contribution in [2.24, 2.45) is 0 Å². The number of nitrogens with one attached hydrogen (secondary N) is 1. The van der Waals surface area contributed by atoms with Crippen molar-refractivity contribution in [3.63, 3.8) is 0 Å². The molecule has 0 spiro atoms. The number of carbonyl (C=O) groups excluding carboxylic acids is 1. The highest BCUT2D eigenvalue weighted by molar-refractivity contribution is 6.06. The second kappa shape index (κ2) is 10.5. The molecule has 6 heteroatoms. The van der Waals surface area contributed by atoms with Gasteiger partial charge >= 0.3 is 0 Å². The Balaban J connectivity index is 1.63. The summed E-state index contributed by atoms with van der Waals surface area (Å²) in [6.45, 7) is 5.56. The highest BCUT2D eigenvalue weighted by Crippen LogP contribution is 2.30. The van der Waals surface area contributed by atoms with E-state index in [1.807, 2.05) is 18.2 Å². The van der Waals surface area contributed by atoms with E-state index in [1.54, 1.807) is 0 Å². The quantitative estimate of drug-likeness (QED) is 0.345. The predicted molar refractivity (Wildman–Crippen MR) is 135 cm³/mol. The number of rotatable bonds is 10. The molecule has 33 heavy (non-hydrogen) atoms. The summed E-state index contributed by atoms with van der Waals surface area (Å²) >= 11 is 0. The smallest absolute Gasteiger partial charge is 0.220 e. The Morgan fingerprint density at radius 3 is 2.45 bits per heavy atom. The van der Waals surface area contributed by atoms with Crippen LogP contribution < -0.4 is 11.1 Å². The van der Waals surface area contributed by atoms with E-state index in [0.717, 1.165) is 65.4 Å². The molecule has 0 saturated carbocycles. The van der Waals surface area contributed by atoms with Crippen LogP contribution >= 0.6 is 0 Å². The molecule has 0 aliphatic heterocycles. The van der Waals surface area contributed by atoms with Gasteiger partial charge < -0.3 is 15.6 Å². The van der Waals surface area contributed by atoms with Gasteiger partial charge in [-0.15, -0.1) is 0 Å². The zero-order valence-electron chi connectivity index (χ0n) is 19.6. The number of hydrogen-bond donors (Lipinski definition) is 2. The molecule has 172 valence electrons. The summed E-state index contributed by atoms with van der Waals surface area (Å²) in [6, 6.07) is 16.6. The molecule has 0 aliphatic carbocycles. The molecule has 2 aromatic heterocycles. The summed E-state index contributed by atoms with van der Waals surface area (Å²) in [6.07, 6.45) is 5.64. The molecule has 0 aliphatic rings. The third kappa shape index (κ3) is 5.16. The number of pyridine rings is 1. The lowest BCUT2D eigenvalue weighted by Gasteiger charge is -2.12. The lowest BCUT2D eigenvalue weighted by molar-refractivity contribution is -0.121. The third-order valence-electron chi connectivity index (χ3n) is 6.05. The van der Waals surface area contributed by atoms with Crippen molar-refractivity contribution < 1.29 is 4.79 Å². The maximum absolute atomic E-state index is 11.9. The number of para-hydroxylation sites is 1. The molecular weight excluding hydrogens is 410 g/mol. The van der Waals surface area contributed by atoms with Gasteiger partial charge in [0.25, 0.3) is 0 Å². The van der Waals surface area contributed by atoms with Crippen LogP contribution in [0.1, 0.15) is 62.9 Å². The minimum Gasteiger partial charge on any atom is -0.382 e. The van der Waals surface area contributed by atoms with Crippen LogP contribution in [-0.4, -0.2) is 20.4 Å². The Morgan fingerprint density at radius 1 is 0.970 bits per heavy atom. The zero-order chi connectivity index (χ0) is 23.2. The lowest BCUT2D eigenvalue weighted by atomic mass is 10.1. The van der Waals surface area contributed by atoms with Crippen molar-refractivity contribution in [2.45, 2.75) is 65.5 Å². The molecule has 0 saturated heterocycles. The average molecular weight is 444 g/mol. The van der Waals surface area contributed by atoms with Crippen LogP contribution in [0.5, 0.6) is 0 Å². The molecule has 3 N–H and O–H groups in total. The maximum atomic E-state index is 11.9. The summed E-state index contributed by atoms with van der Waals surface area (Å²) < 4.78 is 2.30. The molecule has 6 nitrogen and oxygen atoms in total. The van der Waals surface area contributed by atoms with Gasteiger partial charge in [0.1, 0.15) is 11.3 Å². The first-order chi connectivity index (χ1) is 16.1. The summed E-state index contributed by atoms with van der Waals surface area (Å²) in [5.41, 5.74) is 11.3. The average Bonchev–Trinajstić information content (AvgIpc) is 3.20. The fourth-order valence-corrected chi connectivity index (χ4v) is 4.17. The van der Waals surface area contributed by atoms with E-state index < -0.39 is 0 Å². The van der Waals surface area contributed by atoms with E-state index in [4.69, 9.17) is 10.7 Å². The summed E-state index contributed by atoms with van der Waals surface area (Å²) in [5, 5.41) is 4.08. The molecule has 4 aromatic rings. The topological polar surface area (TPSA) is 85.8 Å². The third-order valence-corrected chi connectivity index (χ3v) is 6.05. The van der Waals surface area contributed by atoms with Crippen LogP contribution in [0.25, 0.3) is 21.9 Å². The normalized spacial score (nSPS) is 11.3. The Labute approximate surface area is 195 Å². The first-order valence-electron chi connectivity index (χ1n) is 12.0. The summed E-state index contributed by atoms with van der Waals surface area (Å²) in [7, 11) is 0. The standard InChI is InChI=1S/C27H33N5O/c1-3-5-11-23-31-25-26(21-9-7-8-10-22(21)30-27(25)28)32(23)18-20-15-13-19(14-16-20)17-29-24(33)12-6-4-2/h7-10,13-16H,3-6,11-12,17-18H2,1-2H3,(H2,28,30)(H,29,33). The van der Waals surface area contributed by atoms with Crippen molar-refractivity contribution in [1.82, 2.24) is 19.9 Å². The first kappa shape index (κ1) is 22.8. The van der Waals surface area contributed by atoms with Gasteiger partial charge in [0.05, 0.1) is 11.0 Å². The molecule has 0 bridgehead atoms. The Morgan fingerprint density at radius 2 is 1.70 bits per heavy atom. The number of amides is 1. The number of nitrogens with two attached hydrogens (primary N) is 1. The van der Waals surface area contributed by atoms with Crippen molar-refractivity contribution in [2.75, 3.05) is 5.73 Å². The van der Waals surface area contributed by atoms with Gasteiger partial charge in [0, 0.05) is 31.3 Å². The Kier molecular flexibility index (Phi) is 7.23. The Hall–Kier alpha value is -3.41. The van der Waals surface area contributed by atoms with Gasteiger partial charge in [-0.3, -0.25) is 4.79 Å². The van der Waals surface area contributed by atoms with Crippen LogP contribution in [0.3, 0.4) is 0 Å². The van der Waals surface area contributed by atoms with E-state index in [-0.39, 0.29) is 5.91 Å². The molecule has 0 fully saturated rings. The largest absolute Gasteiger partial charge is 0.382 e. The number of carbonyl (C=O) groups is 1. The first-order valence-corrected chi connectivity index (χ1v) is 12.0. The van der Waals surface area contributed by atoms with Crippen LogP contribution in [-0.2, 0) is 24.3 Å². The van der Waals surface area contributed by atoms with Gasteiger partial charge in [0.2, 0.25) is 5.91 Å². The van der Waals surface area contributed by atoms with E-state index in [9.17, 15) is 4.79 Å². The number of anilines is 1. The van der Waals surface area contributed by atoms with Crippen LogP contribution in [0, 0.1) is 0 Å². The van der Waals surface area contributed by atoms with Crippen molar-refractivity contribution >= 4 is 33.7 Å². The van der Waals surface area contributed by atoms with Crippen molar-refractivity contribution in [1.29, 1.82) is 0 Å². The van der Waals surface area contributed by atoms with E-state index >= 15 is 0 Å².